The molecule has 0 rings (SSSR count). The maximum absolute atomic E-state index is 12.8. The highest BCUT2D eigenvalue weighted by molar-refractivity contribution is 5.76. The van der Waals surface area contributed by atoms with E-state index < -0.39 is 6.10 Å². The van der Waals surface area contributed by atoms with Gasteiger partial charge in [-0.3, -0.25) is 4.79 Å². The number of unbranched alkanes of at least 4 members (excludes halogenated alkanes) is 24. The van der Waals surface area contributed by atoms with Gasteiger partial charge in [0.15, 0.2) is 0 Å². The summed E-state index contributed by atoms with van der Waals surface area (Å²) in [5.74, 6) is 0.147. The highest BCUT2D eigenvalue weighted by Crippen LogP contribution is 2.15. The Labute approximate surface area is 257 Å². The first kappa shape index (κ1) is 40.1. The van der Waals surface area contributed by atoms with Gasteiger partial charge in [-0.2, -0.15) is 0 Å². The van der Waals surface area contributed by atoms with Crippen LogP contribution < -0.4 is 0 Å². The van der Waals surface area contributed by atoms with Crippen LogP contribution in [0.4, 0.5) is 0 Å². The van der Waals surface area contributed by atoms with E-state index in [-0.39, 0.29) is 19.1 Å². The van der Waals surface area contributed by atoms with Crippen LogP contribution in [0, 0.1) is 0 Å². The monoisotopic (exact) mass is 580 g/mol. The standard InChI is InChI=1S/C37H73NO3/c1-3-5-7-9-11-13-15-17-18-19-21-23-25-27-29-31-33-38(34-36(40)35-39)37(41)32-30-28-26-24-22-20-16-14-12-10-8-6-4-2/h17-18,36,39-40H,3-16,19-35H2,1-2H3/b18-17-. The minimum Gasteiger partial charge on any atom is -0.394 e. The zero-order valence-corrected chi connectivity index (χ0v) is 27.9. The second kappa shape index (κ2) is 33.6. The molecule has 41 heavy (non-hydrogen) atoms. The summed E-state index contributed by atoms with van der Waals surface area (Å²) in [4.78, 5) is 14.6. The highest BCUT2D eigenvalue weighted by atomic mass is 16.3. The first-order valence-corrected chi connectivity index (χ1v) is 18.4. The molecule has 244 valence electrons. The quantitative estimate of drug-likeness (QED) is 0.0600. The predicted octanol–water partition coefficient (Wildman–Crippen LogP) is 10.7. The molecule has 0 aromatic carbocycles. The lowest BCUT2D eigenvalue weighted by Crippen LogP contribution is -2.39. The Bertz CT molecular complexity index is 550. The van der Waals surface area contributed by atoms with E-state index in [0.29, 0.717) is 13.0 Å². The van der Waals surface area contributed by atoms with E-state index in [9.17, 15) is 15.0 Å². The highest BCUT2D eigenvalue weighted by Gasteiger charge is 2.16. The third-order valence-electron chi connectivity index (χ3n) is 8.43. The lowest BCUT2D eigenvalue weighted by molar-refractivity contribution is -0.133. The van der Waals surface area contributed by atoms with Crippen LogP contribution in [-0.2, 0) is 4.79 Å². The summed E-state index contributed by atoms with van der Waals surface area (Å²) in [6.45, 7) is 5.23. The number of hydrogen-bond donors (Lipinski definition) is 2. The summed E-state index contributed by atoms with van der Waals surface area (Å²) in [5.41, 5.74) is 0. The first-order valence-electron chi connectivity index (χ1n) is 18.4. The van der Waals surface area contributed by atoms with Crippen LogP contribution in [0.2, 0.25) is 0 Å². The van der Waals surface area contributed by atoms with Crippen molar-refractivity contribution in [2.75, 3.05) is 19.7 Å². The summed E-state index contributed by atoms with van der Waals surface area (Å²) < 4.78 is 0. The van der Waals surface area contributed by atoms with Crippen LogP contribution in [0.1, 0.15) is 194 Å². The van der Waals surface area contributed by atoms with Gasteiger partial charge in [0.1, 0.15) is 0 Å². The summed E-state index contributed by atoms with van der Waals surface area (Å²) in [7, 11) is 0. The molecule has 0 spiro atoms. The predicted molar refractivity (Wildman–Crippen MR) is 179 cm³/mol. The molecule has 0 saturated heterocycles. The maximum atomic E-state index is 12.8. The smallest absolute Gasteiger partial charge is 0.222 e. The Kier molecular flexibility index (Phi) is 32.9. The summed E-state index contributed by atoms with van der Waals surface area (Å²) in [5, 5.41) is 19.2. The molecule has 4 nitrogen and oxygen atoms in total. The van der Waals surface area contributed by atoms with E-state index in [1.165, 1.54) is 148 Å². The number of aliphatic hydroxyl groups excluding tert-OH is 2. The van der Waals surface area contributed by atoms with E-state index in [1.807, 2.05) is 0 Å². The third kappa shape index (κ3) is 30.4. The molecular formula is C37H73NO3. The van der Waals surface area contributed by atoms with Gasteiger partial charge in [0, 0.05) is 19.5 Å². The van der Waals surface area contributed by atoms with Gasteiger partial charge in [-0.15, -0.1) is 0 Å². The Morgan fingerprint density at radius 2 is 0.927 bits per heavy atom. The van der Waals surface area contributed by atoms with Crippen molar-refractivity contribution in [1.29, 1.82) is 0 Å². The van der Waals surface area contributed by atoms with Crippen LogP contribution in [0.3, 0.4) is 0 Å². The Morgan fingerprint density at radius 3 is 1.34 bits per heavy atom. The van der Waals surface area contributed by atoms with Crippen molar-refractivity contribution < 1.29 is 15.0 Å². The van der Waals surface area contributed by atoms with Crippen LogP contribution >= 0.6 is 0 Å². The zero-order chi connectivity index (χ0) is 30.1. The van der Waals surface area contributed by atoms with Crippen molar-refractivity contribution in [3.8, 4) is 0 Å². The van der Waals surface area contributed by atoms with Crippen molar-refractivity contribution in [1.82, 2.24) is 4.90 Å². The van der Waals surface area contributed by atoms with Gasteiger partial charge < -0.3 is 15.1 Å². The van der Waals surface area contributed by atoms with Gasteiger partial charge in [0.25, 0.3) is 0 Å². The van der Waals surface area contributed by atoms with Gasteiger partial charge in [0.2, 0.25) is 5.91 Å². The fraction of sp³-hybridized carbons (Fsp3) is 0.919. The second-order valence-electron chi connectivity index (χ2n) is 12.6. The fourth-order valence-electron chi connectivity index (χ4n) is 5.63. The molecular weight excluding hydrogens is 506 g/mol. The van der Waals surface area contributed by atoms with E-state index in [0.717, 1.165) is 25.7 Å². The largest absolute Gasteiger partial charge is 0.394 e. The Hall–Kier alpha value is -0.870. The van der Waals surface area contributed by atoms with Crippen molar-refractivity contribution in [3.05, 3.63) is 12.2 Å². The summed E-state index contributed by atoms with van der Waals surface area (Å²) in [6, 6.07) is 0. The molecule has 1 unspecified atom stereocenters. The molecule has 0 bridgehead atoms. The molecule has 0 fully saturated rings. The van der Waals surface area contributed by atoms with Gasteiger partial charge in [-0.05, 0) is 38.5 Å². The van der Waals surface area contributed by atoms with Crippen molar-refractivity contribution in [2.45, 2.75) is 200 Å². The van der Waals surface area contributed by atoms with Crippen LogP contribution in [0.5, 0.6) is 0 Å². The molecule has 0 aliphatic carbocycles. The minimum atomic E-state index is -0.834. The molecule has 0 saturated carbocycles. The average molecular weight is 580 g/mol. The minimum absolute atomic E-state index is 0.147. The molecule has 0 aromatic heterocycles. The van der Waals surface area contributed by atoms with E-state index in [4.69, 9.17) is 0 Å². The van der Waals surface area contributed by atoms with Crippen LogP contribution in [-0.4, -0.2) is 46.8 Å². The number of rotatable bonds is 33. The SMILES string of the molecule is CCCCCCCC/C=C\CCCCCCCCN(CC(O)CO)C(=O)CCCCCCCCCCCCCCC. The molecule has 2 N–H and O–H groups in total. The molecule has 0 aliphatic rings. The topological polar surface area (TPSA) is 60.8 Å². The van der Waals surface area contributed by atoms with Gasteiger partial charge in [0.05, 0.1) is 12.7 Å². The summed E-state index contributed by atoms with van der Waals surface area (Å²) in [6.07, 6.45) is 39.3. The molecule has 0 heterocycles. The number of nitrogens with zero attached hydrogens (tertiary/aromatic N) is 1. The molecule has 1 atom stereocenters. The van der Waals surface area contributed by atoms with E-state index >= 15 is 0 Å². The van der Waals surface area contributed by atoms with Crippen molar-refractivity contribution in [3.63, 3.8) is 0 Å². The van der Waals surface area contributed by atoms with Gasteiger partial charge >= 0.3 is 0 Å². The number of carbonyl (C=O) groups excluding carboxylic acids is 1. The van der Waals surface area contributed by atoms with E-state index in [1.54, 1.807) is 4.90 Å². The lowest BCUT2D eigenvalue weighted by atomic mass is 10.0. The van der Waals surface area contributed by atoms with Gasteiger partial charge in [-0.25, -0.2) is 0 Å². The van der Waals surface area contributed by atoms with Crippen molar-refractivity contribution in [2.24, 2.45) is 0 Å². The third-order valence-corrected chi connectivity index (χ3v) is 8.43. The van der Waals surface area contributed by atoms with Gasteiger partial charge in [-0.1, -0.05) is 161 Å². The number of allylic oxidation sites excluding steroid dienone is 2. The second-order valence-corrected chi connectivity index (χ2v) is 12.6. The molecule has 0 aliphatic heterocycles. The Morgan fingerprint density at radius 1 is 0.561 bits per heavy atom. The van der Waals surface area contributed by atoms with E-state index in [2.05, 4.69) is 26.0 Å². The number of aliphatic hydroxyl groups is 2. The van der Waals surface area contributed by atoms with Crippen LogP contribution in [0.25, 0.3) is 0 Å². The number of hydrogen-bond acceptors (Lipinski definition) is 3. The molecule has 0 aromatic rings. The average Bonchev–Trinajstić information content (AvgIpc) is 2.98. The van der Waals surface area contributed by atoms with Crippen molar-refractivity contribution >= 4 is 5.91 Å². The first-order chi connectivity index (χ1) is 20.2. The normalized spacial score (nSPS) is 12.4. The lowest BCUT2D eigenvalue weighted by Gasteiger charge is -2.25. The Balaban J connectivity index is 3.77. The number of amides is 1. The summed E-state index contributed by atoms with van der Waals surface area (Å²) >= 11 is 0. The fourth-order valence-corrected chi connectivity index (χ4v) is 5.63. The number of carbonyl (C=O) groups is 1. The molecule has 1 amide bonds. The van der Waals surface area contributed by atoms with Crippen LogP contribution in [0.15, 0.2) is 12.2 Å². The zero-order valence-electron chi connectivity index (χ0n) is 27.9. The molecule has 0 radical (unpaired) electrons. The maximum Gasteiger partial charge on any atom is 0.222 e. The molecule has 4 heteroatoms.